The molecule has 2 aliphatic rings. The van der Waals surface area contributed by atoms with E-state index >= 15 is 0 Å². The Kier molecular flexibility index (Phi) is 4.03. The molecule has 2 aromatic rings. The third-order valence-electron chi connectivity index (χ3n) is 6.96. The molecule has 2 aromatic carbocycles. The van der Waals surface area contributed by atoms with Crippen LogP contribution < -0.4 is 0 Å². The number of fused-ring (bicyclic) bond motifs is 1. The molecule has 2 aliphatic carbocycles. The lowest BCUT2D eigenvalue weighted by Gasteiger charge is -2.44. The van der Waals surface area contributed by atoms with Gasteiger partial charge in [0.1, 0.15) is 0 Å². The second-order valence-corrected chi connectivity index (χ2v) is 9.62. The van der Waals surface area contributed by atoms with Gasteiger partial charge in [-0.15, -0.1) is 0 Å². The Morgan fingerprint density at radius 2 is 1.37 bits per heavy atom. The molecular weight excluding hydrogens is 332 g/mol. The van der Waals surface area contributed by atoms with E-state index in [-0.39, 0.29) is 22.2 Å². The molecule has 0 aliphatic heterocycles. The van der Waals surface area contributed by atoms with Crippen LogP contribution in [-0.2, 0) is 21.0 Å². The van der Waals surface area contributed by atoms with E-state index in [4.69, 9.17) is 4.74 Å². The van der Waals surface area contributed by atoms with Gasteiger partial charge in [0.05, 0.1) is 12.7 Å². The first-order chi connectivity index (χ1) is 12.7. The van der Waals surface area contributed by atoms with E-state index < -0.39 is 0 Å². The van der Waals surface area contributed by atoms with Crippen molar-refractivity contribution in [2.24, 2.45) is 0 Å². The molecule has 0 N–H and O–H groups in total. The van der Waals surface area contributed by atoms with Gasteiger partial charge in [-0.2, -0.15) is 0 Å². The number of hydrogen-bond donors (Lipinski definition) is 0. The number of benzene rings is 2. The minimum atomic E-state index is -0.235. The minimum Gasteiger partial charge on any atom is -0.465 e. The molecule has 0 unspecified atom stereocenters. The fourth-order valence-corrected chi connectivity index (χ4v) is 5.13. The van der Waals surface area contributed by atoms with Gasteiger partial charge in [-0.3, -0.25) is 0 Å². The number of methoxy groups -OCH3 is 1. The Morgan fingerprint density at radius 1 is 0.778 bits per heavy atom. The van der Waals surface area contributed by atoms with E-state index in [1.165, 1.54) is 36.6 Å². The Balaban J connectivity index is 1.96. The van der Waals surface area contributed by atoms with Crippen LogP contribution in [0.25, 0.3) is 0 Å². The van der Waals surface area contributed by atoms with Crippen LogP contribution in [0.5, 0.6) is 0 Å². The highest BCUT2D eigenvalue weighted by molar-refractivity contribution is 5.92. The smallest absolute Gasteiger partial charge is 0.338 e. The lowest BCUT2D eigenvalue weighted by molar-refractivity contribution is 0.0599. The summed E-state index contributed by atoms with van der Waals surface area (Å²) in [4.78, 5) is 12.4. The van der Waals surface area contributed by atoms with Crippen LogP contribution in [-0.4, -0.2) is 13.1 Å². The summed E-state index contributed by atoms with van der Waals surface area (Å²) in [7, 11) is 1.47. The van der Waals surface area contributed by atoms with Crippen molar-refractivity contribution in [2.45, 2.75) is 69.6 Å². The zero-order valence-electron chi connectivity index (χ0n) is 17.2. The fraction of sp³-hybridized carbons (Fsp3) is 0.480. The largest absolute Gasteiger partial charge is 0.465 e. The molecule has 0 atom stereocenters. The van der Waals surface area contributed by atoms with Gasteiger partial charge in [-0.05, 0) is 64.8 Å². The maximum atomic E-state index is 12.4. The van der Waals surface area contributed by atoms with E-state index in [9.17, 15) is 4.79 Å². The molecule has 2 nitrogen and oxygen atoms in total. The molecular formula is C25H30O2. The number of rotatable bonds is 3. The molecule has 0 radical (unpaired) electrons. The van der Waals surface area contributed by atoms with Gasteiger partial charge < -0.3 is 4.74 Å². The number of ether oxygens (including phenoxy) is 1. The van der Waals surface area contributed by atoms with Crippen LogP contribution in [0.1, 0.15) is 86.0 Å². The Labute approximate surface area is 162 Å². The molecule has 0 amide bonds. The highest BCUT2D eigenvalue weighted by Crippen LogP contribution is 2.59. The number of carbonyl (C=O) groups excluding carboxylic acids is 1. The minimum absolute atomic E-state index is 0.0547. The molecule has 1 fully saturated rings. The molecule has 0 bridgehead atoms. The van der Waals surface area contributed by atoms with E-state index in [1.54, 1.807) is 0 Å². The van der Waals surface area contributed by atoms with Crippen LogP contribution in [0.4, 0.5) is 0 Å². The highest BCUT2D eigenvalue weighted by atomic mass is 16.5. The normalized spacial score (nSPS) is 21.2. The second kappa shape index (κ2) is 5.95. The first-order valence-corrected chi connectivity index (χ1v) is 10.1. The quantitative estimate of drug-likeness (QED) is 0.635. The number of carbonyl (C=O) groups is 1. The summed E-state index contributed by atoms with van der Waals surface area (Å²) in [6.45, 7) is 9.50. The van der Waals surface area contributed by atoms with Crippen molar-refractivity contribution in [2.75, 3.05) is 7.11 Å². The molecule has 0 heterocycles. The lowest BCUT2D eigenvalue weighted by atomic mass is 9.60. The van der Waals surface area contributed by atoms with Gasteiger partial charge in [0.15, 0.2) is 0 Å². The zero-order chi connectivity index (χ0) is 19.4. The summed E-state index contributed by atoms with van der Waals surface area (Å²) in [5, 5.41) is 0. The average molecular weight is 363 g/mol. The van der Waals surface area contributed by atoms with Crippen LogP contribution in [0.15, 0.2) is 42.5 Å². The van der Waals surface area contributed by atoms with Crippen molar-refractivity contribution in [3.05, 3.63) is 70.3 Å². The molecule has 1 saturated carbocycles. The Hall–Kier alpha value is -2.09. The lowest BCUT2D eigenvalue weighted by Crippen LogP contribution is -2.36. The highest BCUT2D eigenvalue weighted by Gasteiger charge is 2.51. The molecule has 27 heavy (non-hydrogen) atoms. The van der Waals surface area contributed by atoms with Gasteiger partial charge in [-0.25, -0.2) is 4.79 Å². The van der Waals surface area contributed by atoms with Crippen molar-refractivity contribution >= 4 is 5.97 Å². The third kappa shape index (κ3) is 2.72. The standard InChI is InChI=1S/C25H30O2/c1-23(2)13-14-24(3,4)21-19(23)11-8-12-20(21)25(15-16-25)18-10-7-6-9-17(18)22(26)27-5/h6-12H,13-16H2,1-5H3. The van der Waals surface area contributed by atoms with Gasteiger partial charge in [0, 0.05) is 5.41 Å². The van der Waals surface area contributed by atoms with Crippen molar-refractivity contribution in [3.8, 4) is 0 Å². The SMILES string of the molecule is COC(=O)c1ccccc1C1(c2cccc3c2C(C)(C)CCC3(C)C)CC1. The zero-order valence-corrected chi connectivity index (χ0v) is 17.2. The van der Waals surface area contributed by atoms with Crippen molar-refractivity contribution < 1.29 is 9.53 Å². The maximum Gasteiger partial charge on any atom is 0.338 e. The van der Waals surface area contributed by atoms with Gasteiger partial charge in [0.25, 0.3) is 0 Å². The number of esters is 1. The molecule has 0 saturated heterocycles. The van der Waals surface area contributed by atoms with Crippen LogP contribution in [0.2, 0.25) is 0 Å². The summed E-state index contributed by atoms with van der Waals surface area (Å²) >= 11 is 0. The van der Waals surface area contributed by atoms with Gasteiger partial charge >= 0.3 is 5.97 Å². The summed E-state index contributed by atoms with van der Waals surface area (Å²) < 4.78 is 5.08. The molecule has 142 valence electrons. The first kappa shape index (κ1) is 18.3. The van der Waals surface area contributed by atoms with Crippen LogP contribution >= 0.6 is 0 Å². The predicted molar refractivity (Wildman–Crippen MR) is 110 cm³/mol. The first-order valence-electron chi connectivity index (χ1n) is 10.1. The van der Waals surface area contributed by atoms with E-state index in [2.05, 4.69) is 52.0 Å². The van der Waals surface area contributed by atoms with Crippen LogP contribution in [0.3, 0.4) is 0 Å². The second-order valence-electron chi connectivity index (χ2n) is 9.62. The molecule has 4 rings (SSSR count). The number of hydrogen-bond acceptors (Lipinski definition) is 2. The van der Waals surface area contributed by atoms with Crippen molar-refractivity contribution in [3.63, 3.8) is 0 Å². The average Bonchev–Trinajstić information content (AvgIpc) is 3.46. The van der Waals surface area contributed by atoms with E-state index in [0.29, 0.717) is 5.56 Å². The molecule has 0 spiro atoms. The van der Waals surface area contributed by atoms with Gasteiger partial charge in [-0.1, -0.05) is 64.1 Å². The van der Waals surface area contributed by atoms with E-state index in [0.717, 1.165) is 18.4 Å². The predicted octanol–water partition coefficient (Wildman–Crippen LogP) is 5.90. The summed E-state index contributed by atoms with van der Waals surface area (Å²) in [6.07, 6.45) is 4.59. The third-order valence-corrected chi connectivity index (χ3v) is 6.96. The van der Waals surface area contributed by atoms with Crippen molar-refractivity contribution in [1.29, 1.82) is 0 Å². The maximum absolute atomic E-state index is 12.4. The summed E-state index contributed by atoms with van der Waals surface area (Å²) in [6, 6.07) is 14.9. The Morgan fingerprint density at radius 3 is 2.04 bits per heavy atom. The van der Waals surface area contributed by atoms with Crippen molar-refractivity contribution in [1.82, 2.24) is 0 Å². The van der Waals surface area contributed by atoms with E-state index in [1.807, 2.05) is 18.2 Å². The molecule has 0 aromatic heterocycles. The fourth-order valence-electron chi connectivity index (χ4n) is 5.13. The summed E-state index contributed by atoms with van der Waals surface area (Å²) in [5.41, 5.74) is 6.55. The Bertz CT molecular complexity index is 900. The summed E-state index contributed by atoms with van der Waals surface area (Å²) in [5.74, 6) is -0.235. The monoisotopic (exact) mass is 362 g/mol. The van der Waals surface area contributed by atoms with Gasteiger partial charge in [0.2, 0.25) is 0 Å². The topological polar surface area (TPSA) is 26.3 Å². The molecule has 2 heteroatoms. The van der Waals surface area contributed by atoms with Crippen LogP contribution in [0, 0.1) is 0 Å².